The van der Waals surface area contributed by atoms with Crippen molar-refractivity contribution in [3.8, 4) is 0 Å². The first-order valence-corrected chi connectivity index (χ1v) is 8.81. The van der Waals surface area contributed by atoms with Gasteiger partial charge in [-0.2, -0.15) is 0 Å². The Kier molecular flexibility index (Phi) is 6.60. The van der Waals surface area contributed by atoms with Crippen LogP contribution in [-0.4, -0.2) is 29.9 Å². The lowest BCUT2D eigenvalue weighted by Gasteiger charge is -2.30. The molecule has 3 N–H and O–H groups in total. The molecule has 2 atom stereocenters. The van der Waals surface area contributed by atoms with Crippen LogP contribution in [0.1, 0.15) is 45.6 Å². The highest BCUT2D eigenvalue weighted by molar-refractivity contribution is 5.94. The van der Waals surface area contributed by atoms with Gasteiger partial charge in [-0.15, -0.1) is 0 Å². The van der Waals surface area contributed by atoms with E-state index in [1.54, 1.807) is 0 Å². The van der Waals surface area contributed by atoms with Gasteiger partial charge in [0.15, 0.2) is 0 Å². The first-order chi connectivity index (χ1) is 10.9. The quantitative estimate of drug-likeness (QED) is 0.847. The van der Waals surface area contributed by atoms with Gasteiger partial charge in [-0.05, 0) is 55.3 Å². The summed E-state index contributed by atoms with van der Waals surface area (Å²) in [7, 11) is 0. The van der Waals surface area contributed by atoms with Crippen LogP contribution in [0.4, 0.5) is 5.69 Å². The van der Waals surface area contributed by atoms with Crippen LogP contribution in [-0.2, 0) is 11.3 Å². The number of nitrogens with zero attached hydrogens (tertiary/aromatic N) is 1. The fourth-order valence-electron chi connectivity index (χ4n) is 3.23. The number of carbonyl (C=O) groups excluding carboxylic acids is 1. The van der Waals surface area contributed by atoms with E-state index in [-0.39, 0.29) is 5.91 Å². The van der Waals surface area contributed by atoms with Crippen molar-refractivity contribution in [2.45, 2.75) is 52.6 Å². The summed E-state index contributed by atoms with van der Waals surface area (Å²) in [5.41, 5.74) is 8.03. The third kappa shape index (κ3) is 5.96. The number of likely N-dealkylation sites (tertiary alicyclic amines) is 1. The highest BCUT2D eigenvalue weighted by atomic mass is 16.2. The number of hydrogen-bond acceptors (Lipinski definition) is 3. The summed E-state index contributed by atoms with van der Waals surface area (Å²) in [6.07, 6.45) is 3.35. The summed E-state index contributed by atoms with van der Waals surface area (Å²) in [4.78, 5) is 14.6. The summed E-state index contributed by atoms with van der Waals surface area (Å²) in [5, 5.41) is 2.91. The molecule has 0 saturated carbocycles. The number of rotatable bonds is 6. The molecule has 1 fully saturated rings. The minimum absolute atomic E-state index is 0.101. The Morgan fingerprint density at radius 2 is 2.04 bits per heavy atom. The fourth-order valence-corrected chi connectivity index (χ4v) is 3.23. The average Bonchev–Trinajstić information content (AvgIpc) is 2.48. The van der Waals surface area contributed by atoms with Gasteiger partial charge in [0, 0.05) is 18.8 Å². The Morgan fingerprint density at radius 1 is 1.35 bits per heavy atom. The summed E-state index contributed by atoms with van der Waals surface area (Å²) in [5.74, 6) is 1.12. The standard InChI is InChI=1S/C19H31N3O/c1-14(2)11-18(20)19(23)21-17-8-6-16(7-9-17)13-22-10-4-5-15(3)12-22/h6-9,14-15,18H,4-5,10-13,20H2,1-3H3,(H,21,23)/t15?,18-/m0/s1. The number of anilines is 1. The van der Waals surface area contributed by atoms with E-state index in [1.165, 1.54) is 31.5 Å². The Bertz CT molecular complexity index is 498. The molecule has 1 unspecified atom stereocenters. The average molecular weight is 317 g/mol. The number of nitrogens with one attached hydrogen (secondary N) is 1. The molecular formula is C19H31N3O. The molecule has 2 rings (SSSR count). The molecule has 1 aliphatic heterocycles. The minimum atomic E-state index is -0.440. The normalized spacial score (nSPS) is 20.5. The van der Waals surface area contributed by atoms with Gasteiger partial charge in [-0.1, -0.05) is 32.9 Å². The minimum Gasteiger partial charge on any atom is -0.325 e. The Morgan fingerprint density at radius 3 is 2.65 bits per heavy atom. The van der Waals surface area contributed by atoms with Gasteiger partial charge in [0.2, 0.25) is 5.91 Å². The first-order valence-electron chi connectivity index (χ1n) is 8.81. The van der Waals surface area contributed by atoms with Gasteiger partial charge in [0.05, 0.1) is 6.04 Å². The topological polar surface area (TPSA) is 58.4 Å². The van der Waals surface area contributed by atoms with Gasteiger partial charge >= 0.3 is 0 Å². The molecule has 1 saturated heterocycles. The monoisotopic (exact) mass is 317 g/mol. The van der Waals surface area contributed by atoms with Crippen LogP contribution in [0.25, 0.3) is 0 Å². The third-order valence-corrected chi connectivity index (χ3v) is 4.43. The molecular weight excluding hydrogens is 286 g/mol. The molecule has 1 aromatic carbocycles. The van der Waals surface area contributed by atoms with Gasteiger partial charge in [-0.25, -0.2) is 0 Å². The highest BCUT2D eigenvalue weighted by Gasteiger charge is 2.17. The van der Waals surface area contributed by atoms with Crippen LogP contribution in [0.15, 0.2) is 24.3 Å². The van der Waals surface area contributed by atoms with E-state index in [0.717, 1.165) is 18.2 Å². The van der Waals surface area contributed by atoms with E-state index in [4.69, 9.17) is 5.73 Å². The van der Waals surface area contributed by atoms with E-state index in [0.29, 0.717) is 12.3 Å². The molecule has 23 heavy (non-hydrogen) atoms. The highest BCUT2D eigenvalue weighted by Crippen LogP contribution is 2.19. The lowest BCUT2D eigenvalue weighted by molar-refractivity contribution is -0.117. The second-order valence-electron chi connectivity index (χ2n) is 7.40. The molecule has 1 aliphatic rings. The van der Waals surface area contributed by atoms with E-state index in [9.17, 15) is 4.79 Å². The smallest absolute Gasteiger partial charge is 0.241 e. The molecule has 1 amide bonds. The molecule has 0 radical (unpaired) electrons. The molecule has 0 aromatic heterocycles. The molecule has 0 spiro atoms. The van der Waals surface area contributed by atoms with Crippen LogP contribution in [0, 0.1) is 11.8 Å². The third-order valence-electron chi connectivity index (χ3n) is 4.43. The molecule has 4 heteroatoms. The second-order valence-corrected chi connectivity index (χ2v) is 7.40. The van der Waals surface area contributed by atoms with Crippen molar-refractivity contribution in [3.05, 3.63) is 29.8 Å². The number of hydrogen-bond donors (Lipinski definition) is 2. The van der Waals surface area contributed by atoms with Gasteiger partial charge in [-0.3, -0.25) is 9.69 Å². The van der Waals surface area contributed by atoms with E-state index in [1.807, 2.05) is 12.1 Å². The second kappa shape index (κ2) is 8.46. The predicted molar refractivity (Wildman–Crippen MR) is 96.2 cm³/mol. The van der Waals surface area contributed by atoms with Crippen molar-refractivity contribution < 1.29 is 4.79 Å². The van der Waals surface area contributed by atoms with Crippen LogP contribution < -0.4 is 11.1 Å². The van der Waals surface area contributed by atoms with E-state index in [2.05, 4.69) is 43.1 Å². The van der Waals surface area contributed by atoms with Gasteiger partial charge in [0.1, 0.15) is 0 Å². The molecule has 0 aliphatic carbocycles. The maximum absolute atomic E-state index is 12.0. The van der Waals surface area contributed by atoms with Crippen molar-refractivity contribution in [3.63, 3.8) is 0 Å². The Balaban J connectivity index is 1.85. The zero-order valence-corrected chi connectivity index (χ0v) is 14.7. The van der Waals surface area contributed by atoms with Gasteiger partial charge in [0.25, 0.3) is 0 Å². The predicted octanol–water partition coefficient (Wildman–Crippen LogP) is 3.23. The summed E-state index contributed by atoms with van der Waals surface area (Å²) in [6.45, 7) is 9.83. The number of piperidine rings is 1. The van der Waals surface area contributed by atoms with E-state index < -0.39 is 6.04 Å². The maximum Gasteiger partial charge on any atom is 0.241 e. The molecule has 0 bridgehead atoms. The van der Waals surface area contributed by atoms with Crippen molar-refractivity contribution in [1.82, 2.24) is 4.90 Å². The number of benzene rings is 1. The van der Waals surface area contributed by atoms with Crippen molar-refractivity contribution >= 4 is 11.6 Å². The number of nitrogens with two attached hydrogens (primary N) is 1. The molecule has 4 nitrogen and oxygen atoms in total. The first kappa shape index (κ1) is 18.0. The summed E-state index contributed by atoms with van der Waals surface area (Å²) >= 11 is 0. The molecule has 1 aromatic rings. The van der Waals surface area contributed by atoms with Crippen molar-refractivity contribution in [1.29, 1.82) is 0 Å². The molecule has 1 heterocycles. The lowest BCUT2D eigenvalue weighted by atomic mass is 10.00. The molecule has 128 valence electrons. The zero-order chi connectivity index (χ0) is 16.8. The summed E-state index contributed by atoms with van der Waals surface area (Å²) in [6, 6.07) is 7.71. The summed E-state index contributed by atoms with van der Waals surface area (Å²) < 4.78 is 0. The largest absolute Gasteiger partial charge is 0.325 e. The lowest BCUT2D eigenvalue weighted by Crippen LogP contribution is -2.36. The Hall–Kier alpha value is -1.39. The van der Waals surface area contributed by atoms with Crippen LogP contribution >= 0.6 is 0 Å². The van der Waals surface area contributed by atoms with Crippen LogP contribution in [0.2, 0.25) is 0 Å². The Labute approximate surface area is 140 Å². The maximum atomic E-state index is 12.0. The SMILES string of the molecule is CC(C)C[C@H](N)C(=O)Nc1ccc(CN2CCCC(C)C2)cc1. The van der Waals surface area contributed by atoms with Crippen LogP contribution in [0.5, 0.6) is 0 Å². The number of amides is 1. The van der Waals surface area contributed by atoms with Gasteiger partial charge < -0.3 is 11.1 Å². The van der Waals surface area contributed by atoms with Crippen molar-refractivity contribution in [2.24, 2.45) is 17.6 Å². The fraction of sp³-hybridized carbons (Fsp3) is 0.632. The van der Waals surface area contributed by atoms with E-state index >= 15 is 0 Å². The zero-order valence-electron chi connectivity index (χ0n) is 14.7. The number of carbonyl (C=O) groups is 1. The van der Waals surface area contributed by atoms with Crippen molar-refractivity contribution in [2.75, 3.05) is 18.4 Å². The van der Waals surface area contributed by atoms with Crippen LogP contribution in [0.3, 0.4) is 0 Å².